The van der Waals surface area contributed by atoms with Gasteiger partial charge >= 0.3 is 0 Å². The zero-order chi connectivity index (χ0) is 17.3. The Balaban J connectivity index is 1.27. The van der Waals surface area contributed by atoms with Crippen LogP contribution in [0.4, 0.5) is 0 Å². The first-order valence-corrected chi connectivity index (χ1v) is 9.62. The first kappa shape index (κ1) is 17.0. The number of rotatable bonds is 4. The van der Waals surface area contributed by atoms with Gasteiger partial charge in [-0.25, -0.2) is 0 Å². The SMILES string of the molecule is COCC1CC2(CCN(C(=O)CC3Cc4ccccc4C3)CC2)CO1. The topological polar surface area (TPSA) is 38.8 Å². The summed E-state index contributed by atoms with van der Waals surface area (Å²) in [4.78, 5) is 14.8. The number of piperidine rings is 1. The van der Waals surface area contributed by atoms with Crippen LogP contribution in [0.1, 0.15) is 36.8 Å². The maximum absolute atomic E-state index is 12.7. The van der Waals surface area contributed by atoms with E-state index >= 15 is 0 Å². The maximum atomic E-state index is 12.7. The molecule has 4 rings (SSSR count). The van der Waals surface area contributed by atoms with Gasteiger partial charge in [-0.05, 0) is 54.6 Å². The molecule has 1 unspecified atom stereocenters. The van der Waals surface area contributed by atoms with Crippen molar-refractivity contribution < 1.29 is 14.3 Å². The lowest BCUT2D eigenvalue weighted by molar-refractivity contribution is -0.134. The van der Waals surface area contributed by atoms with Crippen molar-refractivity contribution in [2.75, 3.05) is 33.4 Å². The van der Waals surface area contributed by atoms with Gasteiger partial charge in [-0.15, -0.1) is 0 Å². The van der Waals surface area contributed by atoms with Crippen LogP contribution < -0.4 is 0 Å². The van der Waals surface area contributed by atoms with Crippen LogP contribution in [0.15, 0.2) is 24.3 Å². The Hall–Kier alpha value is -1.39. The third kappa shape index (κ3) is 3.61. The van der Waals surface area contributed by atoms with Crippen LogP contribution in [0.3, 0.4) is 0 Å². The number of ether oxygens (including phenoxy) is 2. The molecule has 1 aromatic rings. The van der Waals surface area contributed by atoms with E-state index in [1.807, 2.05) is 0 Å². The summed E-state index contributed by atoms with van der Waals surface area (Å²) in [6.07, 6.45) is 6.29. The van der Waals surface area contributed by atoms with E-state index < -0.39 is 0 Å². The van der Waals surface area contributed by atoms with Crippen LogP contribution in [-0.2, 0) is 27.1 Å². The van der Waals surface area contributed by atoms with Crippen molar-refractivity contribution >= 4 is 5.91 Å². The summed E-state index contributed by atoms with van der Waals surface area (Å²) in [6, 6.07) is 8.63. The van der Waals surface area contributed by atoms with Gasteiger partial charge < -0.3 is 14.4 Å². The lowest BCUT2D eigenvalue weighted by Gasteiger charge is -2.38. The standard InChI is InChI=1S/C21H29NO3/c1-24-14-19-13-21(15-25-19)6-8-22(9-7-21)20(23)12-16-10-17-4-2-3-5-18(17)11-16/h2-5,16,19H,6-15H2,1H3. The van der Waals surface area contributed by atoms with E-state index in [1.165, 1.54) is 11.1 Å². The molecule has 2 heterocycles. The van der Waals surface area contributed by atoms with Crippen molar-refractivity contribution in [3.63, 3.8) is 0 Å². The predicted octanol–water partition coefficient (Wildman–Crippen LogP) is 2.84. The van der Waals surface area contributed by atoms with Gasteiger partial charge in [-0.1, -0.05) is 24.3 Å². The van der Waals surface area contributed by atoms with E-state index in [0.717, 1.165) is 51.8 Å². The van der Waals surface area contributed by atoms with E-state index in [1.54, 1.807) is 7.11 Å². The fourth-order valence-electron chi connectivity index (χ4n) is 4.94. The van der Waals surface area contributed by atoms with Gasteiger partial charge in [0.25, 0.3) is 0 Å². The van der Waals surface area contributed by atoms with Gasteiger partial charge in [-0.3, -0.25) is 4.79 Å². The molecular weight excluding hydrogens is 314 g/mol. The number of amides is 1. The van der Waals surface area contributed by atoms with E-state index in [-0.39, 0.29) is 11.5 Å². The highest BCUT2D eigenvalue weighted by atomic mass is 16.5. The summed E-state index contributed by atoms with van der Waals surface area (Å²) in [6.45, 7) is 3.30. The number of methoxy groups -OCH3 is 1. The molecule has 1 aliphatic carbocycles. The average molecular weight is 343 g/mol. The van der Waals surface area contributed by atoms with Gasteiger partial charge in [0.15, 0.2) is 0 Å². The molecule has 1 amide bonds. The van der Waals surface area contributed by atoms with Crippen molar-refractivity contribution in [2.24, 2.45) is 11.3 Å². The molecule has 1 aromatic carbocycles. The molecule has 0 bridgehead atoms. The predicted molar refractivity (Wildman–Crippen MR) is 96.4 cm³/mol. The van der Waals surface area contributed by atoms with Crippen molar-refractivity contribution in [3.8, 4) is 0 Å². The molecule has 0 aromatic heterocycles. The van der Waals surface area contributed by atoms with Crippen LogP contribution in [0.25, 0.3) is 0 Å². The van der Waals surface area contributed by atoms with Gasteiger partial charge in [-0.2, -0.15) is 0 Å². The molecule has 136 valence electrons. The molecule has 2 aliphatic heterocycles. The highest BCUT2D eigenvalue weighted by Gasteiger charge is 2.43. The third-order valence-corrected chi connectivity index (χ3v) is 6.41. The fourth-order valence-corrected chi connectivity index (χ4v) is 4.94. The van der Waals surface area contributed by atoms with Crippen LogP contribution in [0.5, 0.6) is 0 Å². The lowest BCUT2D eigenvalue weighted by Crippen LogP contribution is -2.44. The molecule has 1 spiro atoms. The van der Waals surface area contributed by atoms with Crippen LogP contribution >= 0.6 is 0 Å². The second-order valence-corrected chi connectivity index (χ2v) is 8.22. The summed E-state index contributed by atoms with van der Waals surface area (Å²) in [5, 5.41) is 0. The van der Waals surface area contributed by atoms with E-state index in [2.05, 4.69) is 29.2 Å². The van der Waals surface area contributed by atoms with Crippen molar-refractivity contribution in [1.82, 2.24) is 4.90 Å². The molecule has 3 aliphatic rings. The quantitative estimate of drug-likeness (QED) is 0.844. The monoisotopic (exact) mass is 343 g/mol. The van der Waals surface area contributed by atoms with Gasteiger partial charge in [0.1, 0.15) is 0 Å². The first-order valence-electron chi connectivity index (χ1n) is 9.62. The number of hydrogen-bond donors (Lipinski definition) is 0. The molecule has 2 fully saturated rings. The van der Waals surface area contributed by atoms with Gasteiger partial charge in [0, 0.05) is 26.6 Å². The Kier molecular flexibility index (Phi) is 4.83. The minimum absolute atomic E-state index is 0.240. The summed E-state index contributed by atoms with van der Waals surface area (Å²) < 4.78 is 11.1. The van der Waals surface area contributed by atoms with Crippen molar-refractivity contribution in [3.05, 3.63) is 35.4 Å². The molecular formula is C21H29NO3. The third-order valence-electron chi connectivity index (χ3n) is 6.41. The van der Waals surface area contributed by atoms with Crippen molar-refractivity contribution in [1.29, 1.82) is 0 Å². The Bertz CT molecular complexity index is 596. The minimum atomic E-state index is 0.240. The number of nitrogens with zero attached hydrogens (tertiary/aromatic N) is 1. The van der Waals surface area contributed by atoms with E-state index in [0.29, 0.717) is 24.9 Å². The van der Waals surface area contributed by atoms with Crippen LogP contribution in [0, 0.1) is 11.3 Å². The highest BCUT2D eigenvalue weighted by Crippen LogP contribution is 2.42. The Morgan fingerprint density at radius 3 is 2.56 bits per heavy atom. The largest absolute Gasteiger partial charge is 0.382 e. The van der Waals surface area contributed by atoms with Crippen molar-refractivity contribution in [2.45, 2.75) is 44.6 Å². The molecule has 0 saturated carbocycles. The molecule has 1 atom stereocenters. The van der Waals surface area contributed by atoms with E-state index in [9.17, 15) is 4.79 Å². The summed E-state index contributed by atoms with van der Waals surface area (Å²) in [5.41, 5.74) is 3.15. The molecule has 4 nitrogen and oxygen atoms in total. The summed E-state index contributed by atoms with van der Waals surface area (Å²) in [5.74, 6) is 0.835. The molecule has 2 saturated heterocycles. The maximum Gasteiger partial charge on any atom is 0.222 e. The molecule has 25 heavy (non-hydrogen) atoms. The highest BCUT2D eigenvalue weighted by molar-refractivity contribution is 5.76. The normalized spacial score (nSPS) is 25.5. The average Bonchev–Trinajstić information content (AvgIpc) is 3.19. The molecule has 0 radical (unpaired) electrons. The lowest BCUT2D eigenvalue weighted by atomic mass is 9.76. The number of hydrogen-bond acceptors (Lipinski definition) is 3. The Labute approximate surface area is 150 Å². The van der Waals surface area contributed by atoms with Crippen LogP contribution in [0.2, 0.25) is 0 Å². The zero-order valence-corrected chi connectivity index (χ0v) is 15.2. The number of carbonyl (C=O) groups is 1. The van der Waals surface area contributed by atoms with Gasteiger partial charge in [0.2, 0.25) is 5.91 Å². The number of fused-ring (bicyclic) bond motifs is 1. The Morgan fingerprint density at radius 2 is 1.92 bits per heavy atom. The number of benzene rings is 1. The zero-order valence-electron chi connectivity index (χ0n) is 15.2. The summed E-state index contributed by atoms with van der Waals surface area (Å²) in [7, 11) is 1.73. The first-order chi connectivity index (χ1) is 12.2. The van der Waals surface area contributed by atoms with E-state index in [4.69, 9.17) is 9.47 Å². The minimum Gasteiger partial charge on any atom is -0.382 e. The molecule has 4 heteroatoms. The van der Waals surface area contributed by atoms with Gasteiger partial charge in [0.05, 0.1) is 19.3 Å². The smallest absolute Gasteiger partial charge is 0.222 e. The molecule has 0 N–H and O–H groups in total. The fraction of sp³-hybridized carbons (Fsp3) is 0.667. The number of carbonyl (C=O) groups excluding carboxylic acids is 1. The Morgan fingerprint density at radius 1 is 1.24 bits per heavy atom. The number of likely N-dealkylation sites (tertiary alicyclic amines) is 1. The second-order valence-electron chi connectivity index (χ2n) is 8.22. The second kappa shape index (κ2) is 7.08. The van der Waals surface area contributed by atoms with Crippen LogP contribution in [-0.4, -0.2) is 50.3 Å². The summed E-state index contributed by atoms with van der Waals surface area (Å²) >= 11 is 0.